The van der Waals surface area contributed by atoms with Gasteiger partial charge in [-0.3, -0.25) is 19.8 Å². The van der Waals surface area contributed by atoms with E-state index >= 15 is 0 Å². The van der Waals surface area contributed by atoms with Crippen LogP contribution in [0, 0.1) is 0 Å². The van der Waals surface area contributed by atoms with Gasteiger partial charge in [0.2, 0.25) is 5.91 Å². The molecule has 2 aromatic heterocycles. The number of nitrogens with zero attached hydrogens (tertiary/aromatic N) is 7. The monoisotopic (exact) mass is 384 g/mol. The zero-order valence-corrected chi connectivity index (χ0v) is 16.4. The Bertz CT molecular complexity index is 763. The second kappa shape index (κ2) is 8.64. The van der Waals surface area contributed by atoms with Gasteiger partial charge < -0.3 is 9.80 Å². The first-order valence-corrected chi connectivity index (χ1v) is 10.1. The van der Waals surface area contributed by atoms with Crippen molar-refractivity contribution in [1.82, 2.24) is 34.9 Å². The quantitative estimate of drug-likeness (QED) is 0.810. The van der Waals surface area contributed by atoms with E-state index in [1.807, 2.05) is 4.90 Å². The van der Waals surface area contributed by atoms with E-state index < -0.39 is 0 Å². The number of rotatable bonds is 5. The highest BCUT2D eigenvalue weighted by molar-refractivity contribution is 5.78. The average molecular weight is 384 g/mol. The molecule has 9 heteroatoms. The molecule has 4 rings (SSSR count). The van der Waals surface area contributed by atoms with Crippen LogP contribution in [-0.2, 0) is 11.2 Å². The summed E-state index contributed by atoms with van der Waals surface area (Å²) < 4.78 is 0. The van der Waals surface area contributed by atoms with Crippen molar-refractivity contribution in [3.05, 3.63) is 30.2 Å². The molecule has 0 spiro atoms. The molecule has 0 aliphatic carbocycles. The van der Waals surface area contributed by atoms with Gasteiger partial charge >= 0.3 is 0 Å². The molecule has 1 N–H and O–H groups in total. The van der Waals surface area contributed by atoms with Crippen LogP contribution in [0.3, 0.4) is 0 Å². The first-order chi connectivity index (χ1) is 13.7. The third kappa shape index (κ3) is 4.30. The van der Waals surface area contributed by atoms with Gasteiger partial charge in [0.15, 0.2) is 5.82 Å². The molecule has 0 unspecified atom stereocenters. The van der Waals surface area contributed by atoms with Crippen molar-refractivity contribution in [2.24, 2.45) is 0 Å². The molecule has 0 bridgehead atoms. The van der Waals surface area contributed by atoms with Crippen LogP contribution in [0.4, 0.5) is 5.82 Å². The summed E-state index contributed by atoms with van der Waals surface area (Å²) in [4.78, 5) is 32.2. The number of carbonyl (C=O) groups is 1. The molecule has 2 aliphatic rings. The van der Waals surface area contributed by atoms with Crippen molar-refractivity contribution in [3.63, 3.8) is 0 Å². The lowest BCUT2D eigenvalue weighted by atomic mass is 9.96. The lowest BCUT2D eigenvalue weighted by Crippen LogP contribution is -2.52. The van der Waals surface area contributed by atoms with Crippen LogP contribution in [-0.4, -0.2) is 86.7 Å². The Morgan fingerprint density at radius 1 is 1.14 bits per heavy atom. The number of aromatic amines is 1. The van der Waals surface area contributed by atoms with Crippen LogP contribution in [0.25, 0.3) is 0 Å². The Labute approximate surface area is 165 Å². The van der Waals surface area contributed by atoms with Gasteiger partial charge in [0.25, 0.3) is 0 Å². The van der Waals surface area contributed by atoms with Gasteiger partial charge in [0, 0.05) is 50.9 Å². The maximum atomic E-state index is 12.7. The Morgan fingerprint density at radius 3 is 2.57 bits per heavy atom. The number of aryl methyl sites for hydroxylation is 1. The summed E-state index contributed by atoms with van der Waals surface area (Å²) in [6, 6.07) is 0. The number of hydrogen-bond donors (Lipinski definition) is 1. The van der Waals surface area contributed by atoms with Crippen LogP contribution < -0.4 is 4.90 Å². The van der Waals surface area contributed by atoms with E-state index in [4.69, 9.17) is 0 Å². The largest absolute Gasteiger partial charge is 0.352 e. The van der Waals surface area contributed by atoms with E-state index in [2.05, 4.69) is 41.9 Å². The Morgan fingerprint density at radius 2 is 1.93 bits per heavy atom. The van der Waals surface area contributed by atoms with E-state index in [0.717, 1.165) is 76.0 Å². The lowest BCUT2D eigenvalue weighted by molar-refractivity contribution is -0.133. The van der Waals surface area contributed by atoms with Gasteiger partial charge in [0.05, 0.1) is 12.7 Å². The van der Waals surface area contributed by atoms with Gasteiger partial charge in [-0.1, -0.05) is 6.92 Å². The van der Waals surface area contributed by atoms with E-state index in [1.54, 1.807) is 18.6 Å². The summed E-state index contributed by atoms with van der Waals surface area (Å²) in [5.41, 5.74) is 0. The molecule has 150 valence electrons. The molecular formula is C19H28N8O. The SMILES string of the molecule is CCc1nc(C2CCN(CC(=O)N3CCN(c4cnccn4)CC3)CC2)n[nH]1. The molecule has 0 radical (unpaired) electrons. The maximum Gasteiger partial charge on any atom is 0.236 e. The number of piperazine rings is 1. The fourth-order valence-corrected chi connectivity index (χ4v) is 3.93. The molecule has 0 saturated carbocycles. The van der Waals surface area contributed by atoms with Crippen molar-refractivity contribution in [2.45, 2.75) is 32.1 Å². The van der Waals surface area contributed by atoms with Crippen molar-refractivity contribution < 1.29 is 4.79 Å². The Balaban J connectivity index is 1.22. The molecule has 0 aromatic carbocycles. The second-order valence-corrected chi connectivity index (χ2v) is 7.48. The summed E-state index contributed by atoms with van der Waals surface area (Å²) in [6.45, 7) is 7.51. The minimum Gasteiger partial charge on any atom is -0.352 e. The molecular weight excluding hydrogens is 356 g/mol. The topological polar surface area (TPSA) is 94.1 Å². The van der Waals surface area contributed by atoms with E-state index in [9.17, 15) is 4.79 Å². The highest BCUT2D eigenvalue weighted by Crippen LogP contribution is 2.25. The molecule has 2 aliphatic heterocycles. The summed E-state index contributed by atoms with van der Waals surface area (Å²) in [5.74, 6) is 3.40. The van der Waals surface area contributed by atoms with Crippen LogP contribution in [0.5, 0.6) is 0 Å². The van der Waals surface area contributed by atoms with Gasteiger partial charge in [-0.2, -0.15) is 5.10 Å². The molecule has 0 atom stereocenters. The number of piperidine rings is 1. The minimum absolute atomic E-state index is 0.225. The number of aromatic nitrogens is 5. The molecule has 2 saturated heterocycles. The smallest absolute Gasteiger partial charge is 0.236 e. The maximum absolute atomic E-state index is 12.7. The number of anilines is 1. The molecule has 28 heavy (non-hydrogen) atoms. The van der Waals surface area contributed by atoms with Gasteiger partial charge in [0.1, 0.15) is 11.6 Å². The van der Waals surface area contributed by atoms with E-state index in [1.165, 1.54) is 0 Å². The highest BCUT2D eigenvalue weighted by Gasteiger charge is 2.27. The van der Waals surface area contributed by atoms with Crippen LogP contribution in [0.2, 0.25) is 0 Å². The number of hydrogen-bond acceptors (Lipinski definition) is 7. The molecule has 2 fully saturated rings. The predicted molar refractivity (Wildman–Crippen MR) is 105 cm³/mol. The standard InChI is InChI=1S/C19H28N8O/c1-2-16-22-19(24-23-16)15-3-7-25(8-4-15)14-18(28)27-11-9-26(10-12-27)17-13-20-5-6-21-17/h5-6,13,15H,2-4,7-12,14H2,1H3,(H,22,23,24). The summed E-state index contributed by atoms with van der Waals surface area (Å²) in [7, 11) is 0. The number of amides is 1. The zero-order chi connectivity index (χ0) is 19.3. The van der Waals surface area contributed by atoms with E-state index in [0.29, 0.717) is 12.5 Å². The average Bonchev–Trinajstić information content (AvgIpc) is 3.24. The summed E-state index contributed by atoms with van der Waals surface area (Å²) >= 11 is 0. The van der Waals surface area contributed by atoms with Crippen molar-refractivity contribution >= 4 is 11.7 Å². The number of carbonyl (C=O) groups excluding carboxylic acids is 1. The van der Waals surface area contributed by atoms with E-state index in [-0.39, 0.29) is 5.91 Å². The highest BCUT2D eigenvalue weighted by atomic mass is 16.2. The van der Waals surface area contributed by atoms with Crippen molar-refractivity contribution in [3.8, 4) is 0 Å². The molecule has 9 nitrogen and oxygen atoms in total. The number of H-pyrrole nitrogens is 1. The van der Waals surface area contributed by atoms with Gasteiger partial charge in [-0.05, 0) is 25.9 Å². The fraction of sp³-hybridized carbons (Fsp3) is 0.632. The Kier molecular flexibility index (Phi) is 5.80. The van der Waals surface area contributed by atoms with Crippen molar-refractivity contribution in [2.75, 3.05) is 50.7 Å². The van der Waals surface area contributed by atoms with Crippen LogP contribution in [0.1, 0.15) is 37.3 Å². The Hall–Kier alpha value is -2.55. The number of likely N-dealkylation sites (tertiary alicyclic amines) is 1. The minimum atomic E-state index is 0.225. The third-order valence-electron chi connectivity index (χ3n) is 5.70. The zero-order valence-electron chi connectivity index (χ0n) is 16.4. The first kappa shape index (κ1) is 18.8. The molecule has 1 amide bonds. The number of nitrogens with one attached hydrogen (secondary N) is 1. The normalized spacial score (nSPS) is 19.2. The van der Waals surface area contributed by atoms with Crippen LogP contribution >= 0.6 is 0 Å². The molecule has 2 aromatic rings. The van der Waals surface area contributed by atoms with Gasteiger partial charge in [-0.15, -0.1) is 0 Å². The van der Waals surface area contributed by atoms with Gasteiger partial charge in [-0.25, -0.2) is 9.97 Å². The predicted octanol–water partition coefficient (Wildman–Crippen LogP) is 0.685. The second-order valence-electron chi connectivity index (χ2n) is 7.48. The molecule has 4 heterocycles. The third-order valence-corrected chi connectivity index (χ3v) is 5.70. The van der Waals surface area contributed by atoms with Crippen molar-refractivity contribution in [1.29, 1.82) is 0 Å². The lowest BCUT2D eigenvalue weighted by Gasteiger charge is -2.37. The fourth-order valence-electron chi connectivity index (χ4n) is 3.93. The van der Waals surface area contributed by atoms with Crippen LogP contribution in [0.15, 0.2) is 18.6 Å². The first-order valence-electron chi connectivity index (χ1n) is 10.1. The summed E-state index contributed by atoms with van der Waals surface area (Å²) in [5, 5.41) is 7.36. The summed E-state index contributed by atoms with van der Waals surface area (Å²) in [6.07, 6.45) is 8.06.